The van der Waals surface area contributed by atoms with Crippen molar-refractivity contribution in [3.8, 4) is 11.5 Å². The fourth-order valence-corrected chi connectivity index (χ4v) is 5.77. The summed E-state index contributed by atoms with van der Waals surface area (Å²) >= 11 is 0. The average Bonchev–Trinajstić information content (AvgIpc) is 3.79. The van der Waals surface area contributed by atoms with E-state index in [4.69, 9.17) is 10.2 Å². The van der Waals surface area contributed by atoms with Crippen molar-refractivity contribution >= 4 is 5.91 Å². The zero-order valence-electron chi connectivity index (χ0n) is 25.5. The molecule has 0 aromatic heterocycles. The molecule has 1 amide bonds. The van der Waals surface area contributed by atoms with Gasteiger partial charge in [0.05, 0.1) is 5.60 Å². The van der Waals surface area contributed by atoms with E-state index in [0.29, 0.717) is 18.4 Å². The van der Waals surface area contributed by atoms with E-state index in [1.54, 1.807) is 13.1 Å². The first-order valence-electron chi connectivity index (χ1n) is 15.4. The van der Waals surface area contributed by atoms with E-state index in [1.807, 2.05) is 39.0 Å². The van der Waals surface area contributed by atoms with Gasteiger partial charge in [-0.05, 0) is 100 Å². The number of nitrogens with zero attached hydrogens (tertiary/aromatic N) is 1. The van der Waals surface area contributed by atoms with Crippen LogP contribution in [0.15, 0.2) is 48.5 Å². The van der Waals surface area contributed by atoms with Gasteiger partial charge in [0.15, 0.2) is 11.5 Å². The highest BCUT2D eigenvalue weighted by Gasteiger charge is 2.48. The van der Waals surface area contributed by atoms with Gasteiger partial charge in [0, 0.05) is 26.1 Å². The van der Waals surface area contributed by atoms with E-state index in [1.165, 1.54) is 69.3 Å². The first-order valence-corrected chi connectivity index (χ1v) is 15.4. The number of rotatable bonds is 6. The van der Waals surface area contributed by atoms with Gasteiger partial charge in [-0.25, -0.2) is 0 Å². The summed E-state index contributed by atoms with van der Waals surface area (Å²) in [5.74, 6) is 1.53. The number of carbonyl (C=O) groups excluding carboxylic acids is 1. The number of hydrogen-bond acceptors (Lipinski definition) is 5. The second kappa shape index (κ2) is 17.3. The van der Waals surface area contributed by atoms with Crippen molar-refractivity contribution in [2.45, 2.75) is 104 Å². The van der Waals surface area contributed by atoms with E-state index in [0.717, 1.165) is 30.7 Å². The molecule has 0 radical (unpaired) electrons. The van der Waals surface area contributed by atoms with Crippen LogP contribution in [0.25, 0.3) is 0 Å². The summed E-state index contributed by atoms with van der Waals surface area (Å²) in [4.78, 5) is 13.5. The Bertz CT molecular complexity index is 995. The van der Waals surface area contributed by atoms with Crippen LogP contribution in [0.4, 0.5) is 0 Å². The average molecular weight is 555 g/mol. The Kier molecular flexibility index (Phi) is 14.5. The molecule has 2 aliphatic carbocycles. The molecule has 0 bridgehead atoms. The standard InChI is InChI=1S/C14H25NO.C11H15NO.C7H8O2.C2H6/c1-11-14(16)8-3-2-4-13(14)7-9-15(11)10-12-5-6-12;1-12-11(13)9-5-8-10-6-3-2-4-7-10;1-5-2-3-6(8)7(9)4-5;1-2/h11-13,16H,2-10H2,1H3;2-4,6-7H,5,8-9H2,1H3,(H,12,13);2-4,8-9H,1H3;1-2H3/t11-,13?,14?;;;/m1.../s1. The molecule has 1 heterocycles. The van der Waals surface area contributed by atoms with E-state index < -0.39 is 0 Å². The van der Waals surface area contributed by atoms with Crippen molar-refractivity contribution in [3.63, 3.8) is 0 Å². The molecule has 6 nitrogen and oxygen atoms in total. The quantitative estimate of drug-likeness (QED) is 0.302. The molecular weight excluding hydrogens is 500 g/mol. The topological polar surface area (TPSA) is 93.0 Å². The summed E-state index contributed by atoms with van der Waals surface area (Å²) in [6.45, 7) is 10.6. The molecule has 2 aromatic rings. The Morgan fingerprint density at radius 2 is 1.70 bits per heavy atom. The minimum atomic E-state index is -0.356. The van der Waals surface area contributed by atoms with Crippen LogP contribution in [0.3, 0.4) is 0 Å². The van der Waals surface area contributed by atoms with Crippen molar-refractivity contribution < 1.29 is 20.1 Å². The number of hydrogen-bond donors (Lipinski definition) is 4. The highest BCUT2D eigenvalue weighted by atomic mass is 16.3. The largest absolute Gasteiger partial charge is 0.504 e. The van der Waals surface area contributed by atoms with Crippen molar-refractivity contribution in [1.82, 2.24) is 10.2 Å². The third-order valence-electron chi connectivity index (χ3n) is 8.43. The number of aryl methyl sites for hydroxylation is 2. The normalized spacial score (nSPS) is 23.6. The Hall–Kier alpha value is -2.57. The molecule has 0 spiro atoms. The van der Waals surface area contributed by atoms with Crippen LogP contribution >= 0.6 is 0 Å². The van der Waals surface area contributed by atoms with E-state index >= 15 is 0 Å². The number of phenols is 2. The first-order chi connectivity index (χ1) is 19.2. The van der Waals surface area contributed by atoms with Gasteiger partial charge in [-0.15, -0.1) is 0 Å². The minimum Gasteiger partial charge on any atom is -0.504 e. The number of aliphatic hydroxyl groups is 1. The van der Waals surface area contributed by atoms with Gasteiger partial charge in [-0.1, -0.05) is 63.1 Å². The molecule has 2 aromatic carbocycles. The van der Waals surface area contributed by atoms with Crippen LogP contribution in [-0.4, -0.2) is 57.9 Å². The second-order valence-electron chi connectivity index (χ2n) is 11.3. The summed E-state index contributed by atoms with van der Waals surface area (Å²) in [6.07, 6.45) is 11.5. The number of likely N-dealkylation sites (tertiary alicyclic amines) is 1. The molecule has 1 saturated heterocycles. The van der Waals surface area contributed by atoms with Gasteiger partial charge in [-0.2, -0.15) is 0 Å². The second-order valence-corrected chi connectivity index (χ2v) is 11.3. The smallest absolute Gasteiger partial charge is 0.219 e. The van der Waals surface area contributed by atoms with Gasteiger partial charge < -0.3 is 20.6 Å². The number of piperidine rings is 1. The van der Waals surface area contributed by atoms with Crippen molar-refractivity contribution in [2.75, 3.05) is 20.1 Å². The third kappa shape index (κ3) is 10.8. The predicted molar refractivity (Wildman–Crippen MR) is 165 cm³/mol. The maximum absolute atomic E-state index is 10.9. The monoisotopic (exact) mass is 554 g/mol. The summed E-state index contributed by atoms with van der Waals surface area (Å²) in [5.41, 5.74) is 1.88. The Morgan fingerprint density at radius 3 is 2.30 bits per heavy atom. The van der Waals surface area contributed by atoms with Gasteiger partial charge >= 0.3 is 0 Å². The predicted octanol–water partition coefficient (Wildman–Crippen LogP) is 6.60. The fraction of sp³-hybridized carbons (Fsp3) is 0.618. The molecular formula is C34H54N2O4. The van der Waals surface area contributed by atoms with Crippen LogP contribution in [0.1, 0.15) is 89.7 Å². The van der Waals surface area contributed by atoms with Crippen molar-refractivity contribution in [2.24, 2.45) is 11.8 Å². The number of benzene rings is 2. The van der Waals surface area contributed by atoms with Gasteiger partial charge in [-0.3, -0.25) is 9.69 Å². The lowest BCUT2D eigenvalue weighted by Crippen LogP contribution is -2.61. The van der Waals surface area contributed by atoms with E-state index in [-0.39, 0.29) is 23.0 Å². The number of aromatic hydroxyl groups is 2. The molecule has 6 heteroatoms. The molecule has 4 N–H and O–H groups in total. The lowest BCUT2D eigenvalue weighted by Gasteiger charge is -2.52. The molecule has 3 aliphatic rings. The minimum absolute atomic E-state index is 0.0602. The summed E-state index contributed by atoms with van der Waals surface area (Å²) in [7, 11) is 1.67. The maximum atomic E-state index is 10.9. The van der Waals surface area contributed by atoms with Crippen LogP contribution in [0, 0.1) is 18.8 Å². The summed E-state index contributed by atoms with van der Waals surface area (Å²) < 4.78 is 0. The molecule has 3 fully saturated rings. The number of amides is 1. The highest BCUT2D eigenvalue weighted by Crippen LogP contribution is 2.44. The molecule has 2 unspecified atom stereocenters. The first kappa shape index (κ1) is 33.6. The summed E-state index contributed by atoms with van der Waals surface area (Å²) in [5, 5.41) is 31.2. The number of fused-ring (bicyclic) bond motifs is 1. The van der Waals surface area contributed by atoms with E-state index in [2.05, 4.69) is 29.3 Å². The number of phenolic OH excluding ortho intramolecular Hbond substituents is 2. The van der Waals surface area contributed by atoms with Crippen LogP contribution in [0.5, 0.6) is 11.5 Å². The van der Waals surface area contributed by atoms with Crippen LogP contribution in [-0.2, 0) is 11.2 Å². The Balaban J connectivity index is 0.000000212. The molecule has 2 saturated carbocycles. The zero-order valence-corrected chi connectivity index (χ0v) is 25.5. The van der Waals surface area contributed by atoms with Crippen LogP contribution < -0.4 is 5.32 Å². The molecule has 1 aliphatic heterocycles. The van der Waals surface area contributed by atoms with Crippen LogP contribution in [0.2, 0.25) is 0 Å². The molecule has 3 atom stereocenters. The maximum Gasteiger partial charge on any atom is 0.219 e. The lowest BCUT2D eigenvalue weighted by molar-refractivity contribution is -0.136. The Labute approximate surface area is 242 Å². The van der Waals surface area contributed by atoms with Gasteiger partial charge in [0.1, 0.15) is 0 Å². The highest BCUT2D eigenvalue weighted by molar-refractivity contribution is 5.75. The molecule has 5 rings (SSSR count). The van der Waals surface area contributed by atoms with Gasteiger partial charge in [0.25, 0.3) is 0 Å². The number of carbonyl (C=O) groups is 1. The van der Waals surface area contributed by atoms with Crippen molar-refractivity contribution in [1.29, 1.82) is 0 Å². The number of nitrogens with one attached hydrogen (secondary N) is 1. The lowest BCUT2D eigenvalue weighted by atomic mass is 9.67. The third-order valence-corrected chi connectivity index (χ3v) is 8.43. The zero-order chi connectivity index (χ0) is 29.5. The fourth-order valence-electron chi connectivity index (χ4n) is 5.77. The Morgan fingerprint density at radius 1 is 1.00 bits per heavy atom. The van der Waals surface area contributed by atoms with E-state index in [9.17, 15) is 9.90 Å². The molecule has 224 valence electrons. The molecule has 40 heavy (non-hydrogen) atoms. The van der Waals surface area contributed by atoms with Gasteiger partial charge in [0.2, 0.25) is 5.91 Å². The van der Waals surface area contributed by atoms with Crippen molar-refractivity contribution in [3.05, 3.63) is 59.7 Å². The SMILES string of the molecule is CC.CNC(=O)CCCc1ccccc1.C[C@H]1N(CC2CC2)CCC2CCCCC21O.Cc1ccc(O)c(O)c1. The summed E-state index contributed by atoms with van der Waals surface area (Å²) in [6, 6.07) is 15.3.